The average molecular weight is 293 g/mol. The molecule has 108 valence electrons. The third-order valence-corrected chi connectivity index (χ3v) is 4.43. The highest BCUT2D eigenvalue weighted by atomic mass is 32.2. The highest BCUT2D eigenvalue weighted by Gasteiger charge is 2.29. The van der Waals surface area contributed by atoms with E-state index in [4.69, 9.17) is 5.73 Å². The number of anilines is 1. The van der Waals surface area contributed by atoms with Crippen LogP contribution in [-0.2, 0) is 9.59 Å². The molecule has 6 heteroatoms. The van der Waals surface area contributed by atoms with Gasteiger partial charge in [-0.2, -0.15) is 0 Å². The summed E-state index contributed by atoms with van der Waals surface area (Å²) in [4.78, 5) is 24.0. The van der Waals surface area contributed by atoms with E-state index in [-0.39, 0.29) is 23.6 Å². The molecule has 1 aliphatic rings. The van der Waals surface area contributed by atoms with Gasteiger partial charge in [-0.1, -0.05) is 19.1 Å². The van der Waals surface area contributed by atoms with Crippen molar-refractivity contribution in [3.8, 4) is 0 Å². The van der Waals surface area contributed by atoms with Gasteiger partial charge in [-0.05, 0) is 31.0 Å². The van der Waals surface area contributed by atoms with Gasteiger partial charge in [-0.3, -0.25) is 9.59 Å². The Morgan fingerprint density at radius 2 is 2.20 bits per heavy atom. The first-order chi connectivity index (χ1) is 9.58. The normalized spacial score (nSPS) is 21.6. The largest absolute Gasteiger partial charge is 0.369 e. The Hall–Kier alpha value is -1.53. The summed E-state index contributed by atoms with van der Waals surface area (Å²) in [7, 11) is 0. The molecule has 2 unspecified atom stereocenters. The molecule has 2 amide bonds. The van der Waals surface area contributed by atoms with Gasteiger partial charge < -0.3 is 16.4 Å². The summed E-state index contributed by atoms with van der Waals surface area (Å²) in [5, 5.41) is 6.14. The van der Waals surface area contributed by atoms with Crippen molar-refractivity contribution < 1.29 is 9.59 Å². The maximum absolute atomic E-state index is 12.2. The van der Waals surface area contributed by atoms with Crippen molar-refractivity contribution in [3.63, 3.8) is 0 Å². The van der Waals surface area contributed by atoms with Crippen LogP contribution in [0.4, 0.5) is 5.69 Å². The van der Waals surface area contributed by atoms with Crippen LogP contribution in [0.3, 0.4) is 0 Å². The van der Waals surface area contributed by atoms with Crippen molar-refractivity contribution in [2.45, 2.75) is 24.3 Å². The lowest BCUT2D eigenvalue weighted by Crippen LogP contribution is -2.39. The number of amides is 2. The van der Waals surface area contributed by atoms with E-state index in [9.17, 15) is 9.59 Å². The number of thioether (sulfide) groups is 1. The second-order valence-electron chi connectivity index (χ2n) is 4.94. The Morgan fingerprint density at radius 3 is 2.85 bits per heavy atom. The van der Waals surface area contributed by atoms with E-state index in [1.54, 1.807) is 0 Å². The predicted molar refractivity (Wildman–Crippen MR) is 80.6 cm³/mol. The molecule has 0 aromatic heterocycles. The van der Waals surface area contributed by atoms with Crippen molar-refractivity contribution >= 4 is 29.3 Å². The van der Waals surface area contributed by atoms with Gasteiger partial charge in [0, 0.05) is 4.90 Å². The monoisotopic (exact) mass is 293 g/mol. The highest BCUT2D eigenvalue weighted by molar-refractivity contribution is 8.00. The van der Waals surface area contributed by atoms with Gasteiger partial charge >= 0.3 is 0 Å². The molecule has 0 radical (unpaired) electrons. The summed E-state index contributed by atoms with van der Waals surface area (Å²) < 4.78 is 0. The number of nitrogens with one attached hydrogen (secondary N) is 2. The lowest BCUT2D eigenvalue weighted by atomic mass is 10.0. The van der Waals surface area contributed by atoms with Gasteiger partial charge in [0.25, 0.3) is 0 Å². The lowest BCUT2D eigenvalue weighted by molar-refractivity contribution is -0.118. The first-order valence-corrected chi connectivity index (χ1v) is 7.61. The average Bonchev–Trinajstić information content (AvgIpc) is 2.84. The molecule has 5 nitrogen and oxygen atoms in total. The Bertz CT molecular complexity index is 507. The van der Waals surface area contributed by atoms with Crippen LogP contribution in [0.25, 0.3) is 0 Å². The summed E-state index contributed by atoms with van der Waals surface area (Å²) in [6.07, 6.45) is 1.01. The molecule has 2 atom stereocenters. The molecule has 1 aliphatic heterocycles. The number of para-hydroxylation sites is 1. The Labute approximate surface area is 122 Å². The molecule has 0 aliphatic carbocycles. The van der Waals surface area contributed by atoms with Gasteiger partial charge in [0.05, 0.1) is 17.5 Å². The number of carbonyl (C=O) groups excluding carboxylic acids is 2. The Kier molecular flexibility index (Phi) is 5.03. The molecule has 0 saturated carbocycles. The quantitative estimate of drug-likeness (QED) is 0.712. The van der Waals surface area contributed by atoms with E-state index in [1.165, 1.54) is 11.8 Å². The number of primary amides is 1. The minimum Gasteiger partial charge on any atom is -0.369 e. The number of rotatable bonds is 5. The van der Waals surface area contributed by atoms with Crippen LogP contribution in [0, 0.1) is 5.92 Å². The standard InChI is InChI=1S/C14H19N3O2S/c1-9-6-7-16-13(9)14(19)17-10-4-2-3-5-11(10)20-8-12(15)18/h2-5,9,13,16H,6-8H2,1H3,(H2,15,18)(H,17,19). The fourth-order valence-corrected chi connectivity index (χ4v) is 2.99. The second-order valence-corrected chi connectivity index (χ2v) is 5.96. The highest BCUT2D eigenvalue weighted by Crippen LogP contribution is 2.27. The molecule has 4 N–H and O–H groups in total. The molecule has 1 aromatic carbocycles. The van der Waals surface area contributed by atoms with E-state index >= 15 is 0 Å². The number of hydrogen-bond acceptors (Lipinski definition) is 4. The lowest BCUT2D eigenvalue weighted by Gasteiger charge is -2.17. The third kappa shape index (κ3) is 3.74. The molecular weight excluding hydrogens is 274 g/mol. The molecule has 1 fully saturated rings. The number of hydrogen-bond donors (Lipinski definition) is 3. The maximum atomic E-state index is 12.2. The molecule has 1 heterocycles. The Morgan fingerprint density at radius 1 is 1.45 bits per heavy atom. The molecule has 0 bridgehead atoms. The van der Waals surface area contributed by atoms with Gasteiger partial charge in [-0.15, -0.1) is 11.8 Å². The van der Waals surface area contributed by atoms with Crippen LogP contribution in [0.2, 0.25) is 0 Å². The van der Waals surface area contributed by atoms with Crippen LogP contribution in [-0.4, -0.2) is 30.2 Å². The van der Waals surface area contributed by atoms with Gasteiger partial charge in [0.1, 0.15) is 0 Å². The summed E-state index contributed by atoms with van der Waals surface area (Å²) in [6, 6.07) is 7.28. The van der Waals surface area contributed by atoms with Crippen molar-refractivity contribution in [2.24, 2.45) is 11.7 Å². The van der Waals surface area contributed by atoms with Crippen LogP contribution in [0.15, 0.2) is 29.2 Å². The fourth-order valence-electron chi connectivity index (χ4n) is 2.24. The molecule has 0 spiro atoms. The second kappa shape index (κ2) is 6.76. The van der Waals surface area contributed by atoms with E-state index in [0.717, 1.165) is 23.5 Å². The SMILES string of the molecule is CC1CCNC1C(=O)Nc1ccccc1SCC(N)=O. The predicted octanol–water partition coefficient (Wildman–Crippen LogP) is 1.20. The van der Waals surface area contributed by atoms with Gasteiger partial charge in [-0.25, -0.2) is 0 Å². The van der Waals surface area contributed by atoms with Crippen LogP contribution in [0.1, 0.15) is 13.3 Å². The Balaban J connectivity index is 2.04. The first-order valence-electron chi connectivity index (χ1n) is 6.62. The zero-order valence-corrected chi connectivity index (χ0v) is 12.2. The molecular formula is C14H19N3O2S. The van der Waals surface area contributed by atoms with Crippen molar-refractivity contribution in [1.29, 1.82) is 0 Å². The molecule has 20 heavy (non-hydrogen) atoms. The summed E-state index contributed by atoms with van der Waals surface area (Å²) in [5.74, 6) is 0.134. The molecule has 1 saturated heterocycles. The summed E-state index contributed by atoms with van der Waals surface area (Å²) in [6.45, 7) is 2.94. The van der Waals surface area contributed by atoms with Gasteiger partial charge in [0.2, 0.25) is 11.8 Å². The molecule has 2 rings (SSSR count). The zero-order valence-electron chi connectivity index (χ0n) is 11.4. The topological polar surface area (TPSA) is 84.2 Å². The van der Waals surface area contributed by atoms with Crippen LogP contribution in [0.5, 0.6) is 0 Å². The number of carbonyl (C=O) groups is 2. The zero-order chi connectivity index (χ0) is 14.5. The summed E-state index contributed by atoms with van der Waals surface area (Å²) >= 11 is 1.33. The minimum atomic E-state index is -0.373. The number of benzene rings is 1. The van der Waals surface area contributed by atoms with E-state index < -0.39 is 0 Å². The van der Waals surface area contributed by atoms with Crippen LogP contribution < -0.4 is 16.4 Å². The fraction of sp³-hybridized carbons (Fsp3) is 0.429. The third-order valence-electron chi connectivity index (χ3n) is 3.33. The smallest absolute Gasteiger partial charge is 0.241 e. The van der Waals surface area contributed by atoms with E-state index in [1.807, 2.05) is 24.3 Å². The van der Waals surface area contributed by atoms with Gasteiger partial charge in [0.15, 0.2) is 0 Å². The van der Waals surface area contributed by atoms with Crippen molar-refractivity contribution in [1.82, 2.24) is 5.32 Å². The van der Waals surface area contributed by atoms with E-state index in [2.05, 4.69) is 17.6 Å². The van der Waals surface area contributed by atoms with Crippen molar-refractivity contribution in [3.05, 3.63) is 24.3 Å². The maximum Gasteiger partial charge on any atom is 0.241 e. The number of nitrogens with two attached hydrogens (primary N) is 1. The first kappa shape index (κ1) is 14.9. The van der Waals surface area contributed by atoms with Crippen molar-refractivity contribution in [2.75, 3.05) is 17.6 Å². The summed E-state index contributed by atoms with van der Waals surface area (Å²) in [5.41, 5.74) is 5.88. The van der Waals surface area contributed by atoms with Crippen LogP contribution >= 0.6 is 11.8 Å². The minimum absolute atomic E-state index is 0.0258. The molecule has 1 aromatic rings. The van der Waals surface area contributed by atoms with E-state index in [0.29, 0.717) is 5.92 Å².